The molecule has 0 fully saturated rings. The smallest absolute Gasteiger partial charge is 0.218 e. The molecule has 0 aliphatic heterocycles. The summed E-state index contributed by atoms with van der Waals surface area (Å²) in [6, 6.07) is 0. The Morgan fingerprint density at radius 2 is 2.00 bits per heavy atom. The first-order valence-electron chi connectivity index (χ1n) is 4.55. The summed E-state index contributed by atoms with van der Waals surface area (Å²) < 4.78 is 0. The van der Waals surface area contributed by atoms with Crippen LogP contribution in [0.25, 0.3) is 0 Å². The lowest BCUT2D eigenvalue weighted by atomic mass is 9.91. The normalized spacial score (nSPS) is 12.5. The number of pyridine rings is 1. The lowest BCUT2D eigenvalue weighted by molar-refractivity contribution is -0.118. The first-order chi connectivity index (χ1) is 6.52. The Kier molecular flexibility index (Phi) is 3.23. The zero-order valence-corrected chi connectivity index (χ0v) is 8.58. The van der Waals surface area contributed by atoms with Gasteiger partial charge in [0.05, 0.1) is 0 Å². The van der Waals surface area contributed by atoms with Crippen molar-refractivity contribution in [3.05, 3.63) is 36.0 Å². The molecule has 0 spiro atoms. The van der Waals surface area contributed by atoms with E-state index in [0.717, 1.165) is 16.7 Å². The predicted octanol–water partition coefficient (Wildman–Crippen LogP) is 1.49. The van der Waals surface area contributed by atoms with Gasteiger partial charge in [-0.25, -0.2) is 0 Å². The summed E-state index contributed by atoms with van der Waals surface area (Å²) in [5.74, 6) is -0.392. The molecule has 1 atom stereocenters. The molecule has 1 aromatic heterocycles. The summed E-state index contributed by atoms with van der Waals surface area (Å²) in [5, 5.41) is 0. The number of nitrogens with two attached hydrogens (primary N) is 1. The average Bonchev–Trinajstić information content (AvgIpc) is 2.01. The van der Waals surface area contributed by atoms with E-state index in [4.69, 9.17) is 5.73 Å². The molecular weight excluding hydrogens is 176 g/mol. The monoisotopic (exact) mass is 191 g/mol. The number of rotatable bonds is 3. The standard InChI is InChI=1S/C11H15N2O/c1-7(4-10(12)14)11-8(2)5-13-6-9(11)3/h5-7H,1,4H2,2-3H3,(H2,12,14). The van der Waals surface area contributed by atoms with E-state index in [1.54, 1.807) is 12.4 Å². The van der Waals surface area contributed by atoms with Crippen LogP contribution in [0.3, 0.4) is 0 Å². The molecule has 0 saturated carbocycles. The van der Waals surface area contributed by atoms with E-state index in [1.807, 2.05) is 13.8 Å². The van der Waals surface area contributed by atoms with Crippen molar-refractivity contribution in [2.24, 2.45) is 5.73 Å². The van der Waals surface area contributed by atoms with Gasteiger partial charge in [0.1, 0.15) is 0 Å². The SMILES string of the molecule is [CH2]C(CC(N)=O)c1c(C)cncc1C. The maximum Gasteiger partial charge on any atom is 0.218 e. The van der Waals surface area contributed by atoms with Gasteiger partial charge < -0.3 is 5.73 Å². The van der Waals surface area contributed by atoms with Gasteiger partial charge in [-0.05, 0) is 43.4 Å². The predicted molar refractivity (Wildman–Crippen MR) is 55.6 cm³/mol. The highest BCUT2D eigenvalue weighted by Crippen LogP contribution is 2.24. The topological polar surface area (TPSA) is 56.0 Å². The van der Waals surface area contributed by atoms with Gasteiger partial charge in [-0.15, -0.1) is 0 Å². The van der Waals surface area contributed by atoms with E-state index >= 15 is 0 Å². The summed E-state index contributed by atoms with van der Waals surface area (Å²) in [7, 11) is 0. The molecular formula is C11H15N2O. The quantitative estimate of drug-likeness (QED) is 0.787. The third-order valence-corrected chi connectivity index (χ3v) is 2.24. The zero-order valence-electron chi connectivity index (χ0n) is 8.58. The highest BCUT2D eigenvalue weighted by molar-refractivity contribution is 5.75. The maximum absolute atomic E-state index is 10.8. The van der Waals surface area contributed by atoms with Crippen molar-refractivity contribution in [2.45, 2.75) is 26.2 Å². The Morgan fingerprint density at radius 1 is 1.50 bits per heavy atom. The lowest BCUT2D eigenvalue weighted by Crippen LogP contribution is -2.15. The largest absolute Gasteiger partial charge is 0.370 e. The molecule has 0 aliphatic carbocycles. The number of hydrogen-bond acceptors (Lipinski definition) is 2. The molecule has 1 aromatic rings. The van der Waals surface area contributed by atoms with E-state index in [9.17, 15) is 4.79 Å². The van der Waals surface area contributed by atoms with Gasteiger partial charge in [-0.1, -0.05) is 0 Å². The van der Waals surface area contributed by atoms with Crippen molar-refractivity contribution in [2.75, 3.05) is 0 Å². The Labute approximate surface area is 84.3 Å². The first kappa shape index (κ1) is 10.7. The van der Waals surface area contributed by atoms with E-state index in [0.29, 0.717) is 0 Å². The summed E-state index contributed by atoms with van der Waals surface area (Å²) in [6.45, 7) is 7.88. The Hall–Kier alpha value is -1.38. The van der Waals surface area contributed by atoms with Gasteiger partial charge in [0.15, 0.2) is 0 Å². The molecule has 75 valence electrons. The van der Waals surface area contributed by atoms with Crippen molar-refractivity contribution >= 4 is 5.91 Å². The molecule has 2 N–H and O–H groups in total. The number of carbonyl (C=O) groups is 1. The molecule has 1 amide bonds. The van der Waals surface area contributed by atoms with Crippen LogP contribution in [0.4, 0.5) is 0 Å². The molecule has 14 heavy (non-hydrogen) atoms. The molecule has 3 nitrogen and oxygen atoms in total. The van der Waals surface area contributed by atoms with Crippen LogP contribution in [0.1, 0.15) is 29.0 Å². The van der Waals surface area contributed by atoms with E-state index in [-0.39, 0.29) is 18.2 Å². The molecule has 1 radical (unpaired) electrons. The summed E-state index contributed by atoms with van der Waals surface area (Å²) in [4.78, 5) is 14.8. The van der Waals surface area contributed by atoms with E-state index in [1.165, 1.54) is 0 Å². The number of amides is 1. The Bertz CT molecular complexity index is 327. The van der Waals surface area contributed by atoms with Crippen LogP contribution in [0, 0.1) is 20.8 Å². The van der Waals surface area contributed by atoms with Gasteiger partial charge in [0.25, 0.3) is 0 Å². The zero-order chi connectivity index (χ0) is 10.7. The second-order valence-corrected chi connectivity index (χ2v) is 3.55. The summed E-state index contributed by atoms with van der Waals surface area (Å²) >= 11 is 0. The summed E-state index contributed by atoms with van der Waals surface area (Å²) in [6.07, 6.45) is 3.84. The van der Waals surface area contributed by atoms with E-state index < -0.39 is 0 Å². The molecule has 0 aromatic carbocycles. The van der Waals surface area contributed by atoms with Crippen molar-refractivity contribution in [1.29, 1.82) is 0 Å². The van der Waals surface area contributed by atoms with Gasteiger partial charge in [-0.3, -0.25) is 9.78 Å². The number of hydrogen-bond donors (Lipinski definition) is 1. The minimum Gasteiger partial charge on any atom is -0.370 e. The molecule has 1 unspecified atom stereocenters. The van der Waals surface area contributed by atoms with Gasteiger partial charge in [0.2, 0.25) is 5.91 Å². The Morgan fingerprint density at radius 3 is 2.43 bits per heavy atom. The third kappa shape index (κ3) is 2.31. The van der Waals surface area contributed by atoms with Gasteiger partial charge in [-0.2, -0.15) is 0 Å². The molecule has 0 bridgehead atoms. The second-order valence-electron chi connectivity index (χ2n) is 3.55. The number of carbonyl (C=O) groups excluding carboxylic acids is 1. The van der Waals surface area contributed by atoms with Crippen molar-refractivity contribution in [1.82, 2.24) is 4.98 Å². The Balaban J connectivity index is 2.99. The number of aryl methyl sites for hydroxylation is 2. The number of nitrogens with zero attached hydrogens (tertiary/aromatic N) is 1. The van der Waals surface area contributed by atoms with Gasteiger partial charge in [0, 0.05) is 18.8 Å². The fourth-order valence-electron chi connectivity index (χ4n) is 1.70. The number of aromatic nitrogens is 1. The van der Waals surface area contributed by atoms with Crippen molar-refractivity contribution < 1.29 is 4.79 Å². The first-order valence-corrected chi connectivity index (χ1v) is 4.55. The van der Waals surface area contributed by atoms with Crippen LogP contribution in [0.5, 0.6) is 0 Å². The van der Waals surface area contributed by atoms with Crippen LogP contribution in [-0.4, -0.2) is 10.9 Å². The second kappa shape index (κ2) is 4.22. The molecule has 1 heterocycles. The van der Waals surface area contributed by atoms with Crippen LogP contribution >= 0.6 is 0 Å². The highest BCUT2D eigenvalue weighted by Gasteiger charge is 2.13. The van der Waals surface area contributed by atoms with Crippen LogP contribution < -0.4 is 5.73 Å². The fraction of sp³-hybridized carbons (Fsp3) is 0.364. The van der Waals surface area contributed by atoms with Crippen molar-refractivity contribution in [3.63, 3.8) is 0 Å². The van der Waals surface area contributed by atoms with Crippen LogP contribution in [-0.2, 0) is 4.79 Å². The van der Waals surface area contributed by atoms with Crippen LogP contribution in [0.2, 0.25) is 0 Å². The van der Waals surface area contributed by atoms with E-state index in [2.05, 4.69) is 11.9 Å². The molecule has 0 aliphatic rings. The third-order valence-electron chi connectivity index (χ3n) is 2.24. The molecule has 3 heteroatoms. The minimum atomic E-state index is -0.319. The maximum atomic E-state index is 10.8. The lowest BCUT2D eigenvalue weighted by Gasteiger charge is -2.15. The average molecular weight is 191 g/mol. The fourth-order valence-corrected chi connectivity index (χ4v) is 1.70. The minimum absolute atomic E-state index is 0.0736. The summed E-state index contributed by atoms with van der Waals surface area (Å²) in [5.41, 5.74) is 8.34. The highest BCUT2D eigenvalue weighted by atomic mass is 16.1. The van der Waals surface area contributed by atoms with Gasteiger partial charge >= 0.3 is 0 Å². The molecule has 1 rings (SSSR count). The van der Waals surface area contributed by atoms with Crippen LogP contribution in [0.15, 0.2) is 12.4 Å². The number of primary amides is 1. The molecule has 0 saturated heterocycles. The van der Waals surface area contributed by atoms with Crippen molar-refractivity contribution in [3.8, 4) is 0 Å².